The topological polar surface area (TPSA) is 48.4 Å². The van der Waals surface area contributed by atoms with Gasteiger partial charge in [-0.2, -0.15) is 0 Å². The zero-order chi connectivity index (χ0) is 8.55. The number of halogens is 1. The van der Waals surface area contributed by atoms with Gasteiger partial charge in [-0.25, -0.2) is 4.98 Å². The van der Waals surface area contributed by atoms with Crippen LogP contribution in [0.2, 0.25) is 5.15 Å². The largest absolute Gasteiger partial charge is 0.453 e. The van der Waals surface area contributed by atoms with Gasteiger partial charge in [0.1, 0.15) is 0 Å². The lowest BCUT2D eigenvalue weighted by Gasteiger charge is -1.98. The quantitative estimate of drug-likeness (QED) is 0.489. The van der Waals surface area contributed by atoms with Gasteiger partial charge in [0.25, 0.3) is 0 Å². The Kier molecular flexibility index (Phi) is 1.62. The zero-order valence-electron chi connectivity index (χ0n) is 5.91. The van der Waals surface area contributed by atoms with E-state index in [1.165, 1.54) is 6.20 Å². The first kappa shape index (κ1) is 7.36. The second kappa shape index (κ2) is 2.64. The molecular weight excluding hydrogens is 182 g/mol. The Labute approximate surface area is 73.1 Å². The van der Waals surface area contributed by atoms with Crippen LogP contribution in [0, 0.1) is 0 Å². The summed E-state index contributed by atoms with van der Waals surface area (Å²) >= 11 is 5.67. The average molecular weight is 186 g/mol. The second-order valence-electron chi connectivity index (χ2n) is 2.19. The van der Waals surface area contributed by atoms with Crippen LogP contribution in [0.25, 0.3) is 0 Å². The fourth-order valence-electron chi connectivity index (χ4n) is 0.973. The van der Waals surface area contributed by atoms with Gasteiger partial charge in [-0.1, -0.05) is 11.6 Å². The molecule has 0 spiro atoms. The van der Waals surface area contributed by atoms with Crippen LogP contribution in [0.1, 0.15) is 10.4 Å². The zero-order valence-corrected chi connectivity index (χ0v) is 6.67. The molecule has 5 heteroatoms. The van der Waals surface area contributed by atoms with Crippen molar-refractivity contribution in [3.8, 4) is 11.5 Å². The summed E-state index contributed by atoms with van der Waals surface area (Å²) in [4.78, 5) is 14.2. The maximum atomic E-state index is 10.5. The highest BCUT2D eigenvalue weighted by Crippen LogP contribution is 2.39. The fraction of sp³-hybridized carbons (Fsp3) is 0.143. The molecule has 0 atom stereocenters. The van der Waals surface area contributed by atoms with Gasteiger partial charge >= 0.3 is 0 Å². The molecule has 4 nitrogen and oxygen atoms in total. The molecule has 62 valence electrons. The van der Waals surface area contributed by atoms with E-state index in [2.05, 4.69) is 4.98 Å². The highest BCUT2D eigenvalue weighted by molar-refractivity contribution is 6.31. The minimum Gasteiger partial charge on any atom is -0.453 e. The Balaban J connectivity index is 2.64. The van der Waals surface area contributed by atoms with Crippen molar-refractivity contribution in [2.24, 2.45) is 0 Å². The summed E-state index contributed by atoms with van der Waals surface area (Å²) in [5.74, 6) is 0.728. The minimum absolute atomic E-state index is 0.0849. The molecule has 1 aromatic heterocycles. The van der Waals surface area contributed by atoms with Crippen molar-refractivity contribution in [2.45, 2.75) is 0 Å². The van der Waals surface area contributed by atoms with Crippen LogP contribution in [0.15, 0.2) is 6.20 Å². The number of carbonyl (C=O) groups is 1. The maximum Gasteiger partial charge on any atom is 0.231 e. The van der Waals surface area contributed by atoms with E-state index in [1.54, 1.807) is 0 Å². The van der Waals surface area contributed by atoms with Gasteiger partial charge in [0, 0.05) is 6.20 Å². The first-order valence-corrected chi connectivity index (χ1v) is 3.60. The van der Waals surface area contributed by atoms with Gasteiger partial charge < -0.3 is 9.47 Å². The van der Waals surface area contributed by atoms with Gasteiger partial charge in [-0.15, -0.1) is 0 Å². The molecule has 2 heterocycles. The Hall–Kier alpha value is -1.29. The Morgan fingerprint density at radius 2 is 2.25 bits per heavy atom. The molecule has 1 aliphatic rings. The lowest BCUT2D eigenvalue weighted by atomic mass is 10.3. The van der Waals surface area contributed by atoms with Gasteiger partial charge in [0.05, 0.1) is 5.56 Å². The highest BCUT2D eigenvalue weighted by Gasteiger charge is 2.21. The standard InChI is InChI=1S/C7H4ClNO3/c8-7-6-5(11-3-12-6)4(2-10)1-9-7/h1-2H,3H2. The van der Waals surface area contributed by atoms with E-state index in [1.807, 2.05) is 0 Å². The molecule has 0 N–H and O–H groups in total. The normalized spacial score (nSPS) is 13.1. The molecule has 0 bridgehead atoms. The van der Waals surface area contributed by atoms with Gasteiger partial charge in [-0.3, -0.25) is 4.79 Å². The Morgan fingerprint density at radius 1 is 1.50 bits per heavy atom. The monoisotopic (exact) mass is 185 g/mol. The van der Waals surface area contributed by atoms with Crippen LogP contribution in [0.4, 0.5) is 0 Å². The van der Waals surface area contributed by atoms with Crippen molar-refractivity contribution in [2.75, 3.05) is 6.79 Å². The number of nitrogens with zero attached hydrogens (tertiary/aromatic N) is 1. The molecule has 0 saturated heterocycles. The number of carbonyl (C=O) groups excluding carboxylic acids is 1. The van der Waals surface area contributed by atoms with Crippen LogP contribution in [-0.2, 0) is 0 Å². The number of aldehydes is 1. The highest BCUT2D eigenvalue weighted by atomic mass is 35.5. The Bertz CT molecular complexity index is 340. The molecule has 12 heavy (non-hydrogen) atoms. The lowest BCUT2D eigenvalue weighted by molar-refractivity contribution is 0.111. The van der Waals surface area contributed by atoms with Crippen LogP contribution < -0.4 is 9.47 Å². The number of fused-ring (bicyclic) bond motifs is 1. The van der Waals surface area contributed by atoms with E-state index in [-0.39, 0.29) is 11.9 Å². The van der Waals surface area contributed by atoms with Crippen molar-refractivity contribution in [1.29, 1.82) is 0 Å². The van der Waals surface area contributed by atoms with Crippen molar-refractivity contribution in [1.82, 2.24) is 4.98 Å². The van der Waals surface area contributed by atoms with Crippen LogP contribution in [0.3, 0.4) is 0 Å². The molecule has 0 amide bonds. The molecule has 0 saturated carbocycles. The number of ether oxygens (including phenoxy) is 2. The fourth-order valence-corrected chi connectivity index (χ4v) is 1.16. The van der Waals surface area contributed by atoms with E-state index in [0.29, 0.717) is 23.3 Å². The average Bonchev–Trinajstić information content (AvgIpc) is 2.54. The SMILES string of the molecule is O=Cc1cnc(Cl)c2c1OCO2. The van der Waals surface area contributed by atoms with E-state index < -0.39 is 0 Å². The van der Waals surface area contributed by atoms with Crippen molar-refractivity contribution in [3.63, 3.8) is 0 Å². The summed E-state index contributed by atoms with van der Waals surface area (Å²) < 4.78 is 10.0. The molecule has 1 aromatic rings. The van der Waals surface area contributed by atoms with Gasteiger partial charge in [0.15, 0.2) is 17.2 Å². The molecule has 0 aliphatic carbocycles. The maximum absolute atomic E-state index is 10.5. The van der Waals surface area contributed by atoms with E-state index in [0.717, 1.165) is 0 Å². The summed E-state index contributed by atoms with van der Waals surface area (Å²) in [7, 11) is 0. The first-order chi connectivity index (χ1) is 5.83. The molecule has 0 radical (unpaired) electrons. The van der Waals surface area contributed by atoms with Crippen LogP contribution >= 0.6 is 11.6 Å². The molecule has 0 unspecified atom stereocenters. The first-order valence-electron chi connectivity index (χ1n) is 3.22. The number of hydrogen-bond donors (Lipinski definition) is 0. The molecule has 2 rings (SSSR count). The number of pyridine rings is 1. The molecule has 1 aliphatic heterocycles. The molecule has 0 fully saturated rings. The van der Waals surface area contributed by atoms with Crippen molar-refractivity contribution >= 4 is 17.9 Å². The summed E-state index contributed by atoms with van der Waals surface area (Å²) in [6.07, 6.45) is 2.00. The summed E-state index contributed by atoms with van der Waals surface area (Å²) in [5.41, 5.74) is 0.354. The van der Waals surface area contributed by atoms with E-state index in [9.17, 15) is 4.79 Å². The van der Waals surface area contributed by atoms with Crippen LogP contribution in [-0.4, -0.2) is 18.1 Å². The predicted octanol–water partition coefficient (Wildman–Crippen LogP) is 1.28. The third kappa shape index (κ3) is 0.921. The Morgan fingerprint density at radius 3 is 3.00 bits per heavy atom. The predicted molar refractivity (Wildman–Crippen MR) is 40.8 cm³/mol. The summed E-state index contributed by atoms with van der Waals surface area (Å²) in [6.45, 7) is 0.0849. The molecule has 0 aromatic carbocycles. The minimum atomic E-state index is 0.0849. The van der Waals surface area contributed by atoms with E-state index >= 15 is 0 Å². The number of rotatable bonds is 1. The van der Waals surface area contributed by atoms with Gasteiger partial charge in [0.2, 0.25) is 12.5 Å². The lowest BCUT2D eigenvalue weighted by Crippen LogP contribution is -1.94. The number of aromatic nitrogens is 1. The van der Waals surface area contributed by atoms with Crippen molar-refractivity contribution < 1.29 is 14.3 Å². The van der Waals surface area contributed by atoms with E-state index in [4.69, 9.17) is 21.1 Å². The number of hydrogen-bond acceptors (Lipinski definition) is 4. The third-order valence-electron chi connectivity index (χ3n) is 1.51. The van der Waals surface area contributed by atoms with Crippen molar-refractivity contribution in [3.05, 3.63) is 16.9 Å². The van der Waals surface area contributed by atoms with Crippen LogP contribution in [0.5, 0.6) is 11.5 Å². The second-order valence-corrected chi connectivity index (χ2v) is 2.54. The third-order valence-corrected chi connectivity index (χ3v) is 1.78. The smallest absolute Gasteiger partial charge is 0.231 e. The summed E-state index contributed by atoms with van der Waals surface area (Å²) in [6, 6.07) is 0. The summed E-state index contributed by atoms with van der Waals surface area (Å²) in [5, 5.41) is 0.216. The molecular formula is C7H4ClNO3. The van der Waals surface area contributed by atoms with Gasteiger partial charge in [-0.05, 0) is 0 Å².